The highest BCUT2D eigenvalue weighted by atomic mass is 14.3. The number of rotatable bonds is 4. The molecule has 0 aliphatic rings. The zero-order valence-corrected chi connectivity index (χ0v) is 32.6. The summed E-state index contributed by atoms with van der Waals surface area (Å²) >= 11 is 0. The van der Waals surface area contributed by atoms with E-state index in [4.69, 9.17) is 0 Å². The van der Waals surface area contributed by atoms with Gasteiger partial charge in [0.25, 0.3) is 0 Å². The smallest absolute Gasteiger partial charge is 0.110 e. The lowest BCUT2D eigenvalue weighted by molar-refractivity contribution is 1.16. The van der Waals surface area contributed by atoms with Crippen molar-refractivity contribution in [2.45, 2.75) is 146 Å². The lowest BCUT2D eigenvalue weighted by Crippen LogP contribution is -2.79. The van der Waals surface area contributed by atoms with E-state index in [0.717, 1.165) is 0 Å². The van der Waals surface area contributed by atoms with Gasteiger partial charge in [0, 0.05) is 0 Å². The summed E-state index contributed by atoms with van der Waals surface area (Å²) in [5.74, 6) is 0. The minimum atomic E-state index is -1.63. The van der Waals surface area contributed by atoms with E-state index in [2.05, 4.69) is 138 Å². The van der Waals surface area contributed by atoms with Crippen LogP contribution in [0.5, 0.6) is 0 Å². The van der Waals surface area contributed by atoms with E-state index in [1.54, 1.807) is 21.9 Å². The maximum absolute atomic E-state index is 2.43. The van der Waals surface area contributed by atoms with E-state index in [0.29, 0.717) is 0 Å². The van der Waals surface area contributed by atoms with Crippen LogP contribution in [0, 0.1) is 138 Å². The van der Waals surface area contributed by atoms with Crippen molar-refractivity contribution in [3.8, 4) is 0 Å². The average Bonchev–Trinajstić information content (AvgIpc) is 3.00. The highest BCUT2D eigenvalue weighted by molar-refractivity contribution is 7.21. The summed E-state index contributed by atoms with van der Waals surface area (Å²) in [5, 5.41) is 0. The lowest BCUT2D eigenvalue weighted by atomic mass is 9.09. The molecule has 4 aromatic rings. The van der Waals surface area contributed by atoms with Crippen molar-refractivity contribution in [2.75, 3.05) is 0 Å². The van der Waals surface area contributed by atoms with Crippen molar-refractivity contribution >= 4 is 28.0 Å². The topological polar surface area (TPSA) is 0 Å². The first-order valence-corrected chi connectivity index (χ1v) is 17.2. The molecule has 0 amide bonds. The largest absolute Gasteiger partial charge is 0.189 e. The van der Waals surface area contributed by atoms with Crippen LogP contribution in [0.25, 0.3) is 0 Å². The molecule has 0 spiro atoms. The summed E-state index contributed by atoms with van der Waals surface area (Å²) in [5.41, 5.74) is 35.0. The van der Waals surface area contributed by atoms with Crippen LogP contribution in [0.1, 0.15) is 119 Å². The Morgan fingerprint density at radius 1 is 0.174 bits per heavy atom. The van der Waals surface area contributed by atoms with E-state index < -0.39 is 6.15 Å². The first-order valence-electron chi connectivity index (χ1n) is 17.2. The van der Waals surface area contributed by atoms with Crippen LogP contribution in [-0.2, 0) is 0 Å². The van der Waals surface area contributed by atoms with Gasteiger partial charge in [-0.3, -0.25) is 0 Å². The van der Waals surface area contributed by atoms with Gasteiger partial charge in [-0.15, -0.1) is 0 Å². The molecule has 0 aliphatic heterocycles. The summed E-state index contributed by atoms with van der Waals surface area (Å²) in [6.07, 6.45) is -1.63. The Morgan fingerprint density at radius 2 is 0.261 bits per heavy atom. The van der Waals surface area contributed by atoms with Crippen molar-refractivity contribution in [3.05, 3.63) is 111 Å². The van der Waals surface area contributed by atoms with Crippen LogP contribution >= 0.6 is 0 Å². The average molecular weight is 616 g/mol. The molecular formula is C45H64B-. The molecule has 248 valence electrons. The Morgan fingerprint density at radius 3 is 0.370 bits per heavy atom. The first-order chi connectivity index (χ1) is 20.7. The van der Waals surface area contributed by atoms with Crippen LogP contribution in [-0.4, -0.2) is 6.15 Å². The maximum atomic E-state index is 2.43. The zero-order valence-electron chi connectivity index (χ0n) is 32.6. The van der Waals surface area contributed by atoms with Gasteiger partial charge in [0.2, 0.25) is 0 Å². The molecule has 0 N–H and O–H groups in total. The van der Waals surface area contributed by atoms with E-state index in [-0.39, 0.29) is 7.43 Å². The molecule has 0 heterocycles. The third-order valence-corrected chi connectivity index (χ3v) is 14.0. The van der Waals surface area contributed by atoms with Gasteiger partial charge >= 0.3 is 0 Å². The van der Waals surface area contributed by atoms with E-state index in [1.165, 1.54) is 111 Å². The van der Waals surface area contributed by atoms with Crippen molar-refractivity contribution in [2.24, 2.45) is 0 Å². The molecule has 0 nitrogen and oxygen atoms in total. The second-order valence-corrected chi connectivity index (χ2v) is 15.0. The molecule has 4 rings (SSSR count). The molecule has 0 atom stereocenters. The summed E-state index contributed by atoms with van der Waals surface area (Å²) in [6, 6.07) is 0. The third-order valence-electron chi connectivity index (χ3n) is 14.0. The molecule has 1 heteroatoms. The fourth-order valence-corrected chi connectivity index (χ4v) is 9.58. The van der Waals surface area contributed by atoms with Gasteiger partial charge in [-0.1, -0.05) is 51.9 Å². The monoisotopic (exact) mass is 616 g/mol. The minimum absolute atomic E-state index is 0. The van der Waals surface area contributed by atoms with Crippen LogP contribution in [0.3, 0.4) is 0 Å². The van der Waals surface area contributed by atoms with Gasteiger partial charge in [-0.05, 0) is 205 Å². The standard InChI is InChI=1S/C44H60B.CH4/c1-21-25(5)33(13)41(34(14)26(21)6)45(42-35(15)27(7)22(2)28(8)36(42)16,43-37(17)29(9)23(3)30(10)38(43)18)44-39(19)31(11)24(4)32(12)40(44)20;/h1-20H3;1H4/q-1;. The maximum Gasteiger partial charge on any atom is 0.110 e. The normalized spacial score (nSPS) is 11.7. The second kappa shape index (κ2) is 12.5. The third kappa shape index (κ3) is 4.78. The van der Waals surface area contributed by atoms with Crippen LogP contribution in [0.4, 0.5) is 0 Å². The quantitative estimate of drug-likeness (QED) is 0.201. The molecule has 0 radical (unpaired) electrons. The lowest BCUT2D eigenvalue weighted by Gasteiger charge is -2.53. The van der Waals surface area contributed by atoms with E-state index in [9.17, 15) is 0 Å². The van der Waals surface area contributed by atoms with Crippen LogP contribution in [0.15, 0.2) is 0 Å². The van der Waals surface area contributed by atoms with Gasteiger partial charge in [-0.25, -0.2) is 0 Å². The Bertz CT molecular complexity index is 1530. The summed E-state index contributed by atoms with van der Waals surface area (Å²) in [7, 11) is 0. The predicted molar refractivity (Wildman–Crippen MR) is 212 cm³/mol. The molecule has 4 aromatic carbocycles. The zero-order chi connectivity index (χ0) is 34.4. The first kappa shape index (κ1) is 37.4. The van der Waals surface area contributed by atoms with Crippen LogP contribution < -0.4 is 21.9 Å². The molecule has 0 unspecified atom stereocenters. The summed E-state index contributed by atoms with van der Waals surface area (Å²) < 4.78 is 0. The number of hydrogen-bond acceptors (Lipinski definition) is 0. The molecule has 0 saturated heterocycles. The molecular weight excluding hydrogens is 551 g/mol. The van der Waals surface area contributed by atoms with E-state index >= 15 is 0 Å². The molecule has 0 aliphatic carbocycles. The molecule has 0 bridgehead atoms. The Hall–Kier alpha value is -3.06. The van der Waals surface area contributed by atoms with Gasteiger partial charge in [0.05, 0.1) is 0 Å². The summed E-state index contributed by atoms with van der Waals surface area (Å²) in [4.78, 5) is 0. The summed E-state index contributed by atoms with van der Waals surface area (Å²) in [6.45, 7) is 47.6. The van der Waals surface area contributed by atoms with Crippen molar-refractivity contribution in [3.63, 3.8) is 0 Å². The van der Waals surface area contributed by atoms with Gasteiger partial charge in [-0.2, -0.15) is 21.9 Å². The Kier molecular flexibility index (Phi) is 10.2. The fraction of sp³-hybridized carbons (Fsp3) is 0.467. The number of hydrogen-bond donors (Lipinski definition) is 0. The predicted octanol–water partition coefficient (Wildman–Crippen LogP) is 9.87. The van der Waals surface area contributed by atoms with Crippen LogP contribution in [0.2, 0.25) is 0 Å². The molecule has 0 fully saturated rings. The number of benzene rings is 4. The van der Waals surface area contributed by atoms with Crippen molar-refractivity contribution < 1.29 is 0 Å². The van der Waals surface area contributed by atoms with Crippen molar-refractivity contribution in [1.82, 2.24) is 0 Å². The highest BCUT2D eigenvalue weighted by Crippen LogP contribution is 2.33. The molecule has 46 heavy (non-hydrogen) atoms. The second-order valence-electron chi connectivity index (χ2n) is 15.0. The van der Waals surface area contributed by atoms with E-state index in [1.807, 2.05) is 0 Å². The van der Waals surface area contributed by atoms with Gasteiger partial charge in [0.1, 0.15) is 6.15 Å². The fourth-order valence-electron chi connectivity index (χ4n) is 9.58. The highest BCUT2D eigenvalue weighted by Gasteiger charge is 2.42. The Balaban J connectivity index is 0.00000576. The molecule has 0 aromatic heterocycles. The van der Waals surface area contributed by atoms with Gasteiger partial charge < -0.3 is 0 Å². The van der Waals surface area contributed by atoms with Crippen molar-refractivity contribution in [1.29, 1.82) is 0 Å². The minimum Gasteiger partial charge on any atom is -0.189 e. The molecule has 0 saturated carbocycles. The SMILES string of the molecule is C.Cc1c(C)c(C)c([B-](c2c(C)c(C)c(C)c(C)c2C)(c2c(C)c(C)c(C)c(C)c2C)c2c(C)c(C)c(C)c(C)c2C)c(C)c1C. The van der Waals surface area contributed by atoms with Gasteiger partial charge in [0.15, 0.2) is 0 Å². The Labute approximate surface area is 284 Å².